The van der Waals surface area contributed by atoms with E-state index in [9.17, 15) is 13.2 Å². The molecule has 1 aromatic rings. The van der Waals surface area contributed by atoms with Crippen molar-refractivity contribution in [2.75, 3.05) is 6.54 Å². The van der Waals surface area contributed by atoms with Gasteiger partial charge in [0.2, 0.25) is 0 Å². The molecule has 19 heavy (non-hydrogen) atoms. The summed E-state index contributed by atoms with van der Waals surface area (Å²) in [6.07, 6.45) is -3.45. The van der Waals surface area contributed by atoms with Gasteiger partial charge in [-0.15, -0.1) is 19.2 Å². The van der Waals surface area contributed by atoms with Crippen molar-refractivity contribution in [3.8, 4) is 5.75 Å². The Bertz CT molecular complexity index is 448. The first kappa shape index (κ1) is 14.0. The molecule has 0 radical (unpaired) electrons. The molecule has 3 nitrogen and oxygen atoms in total. The summed E-state index contributed by atoms with van der Waals surface area (Å²) in [5.41, 5.74) is 6.60. The highest BCUT2D eigenvalue weighted by atomic mass is 19.4. The molecule has 106 valence electrons. The molecule has 0 aliphatic carbocycles. The van der Waals surface area contributed by atoms with E-state index in [1.807, 2.05) is 0 Å². The molecule has 2 unspecified atom stereocenters. The van der Waals surface area contributed by atoms with Crippen molar-refractivity contribution in [3.63, 3.8) is 0 Å². The zero-order chi connectivity index (χ0) is 14.0. The van der Waals surface area contributed by atoms with Crippen LogP contribution in [0.1, 0.15) is 30.1 Å². The SMILES string of the molecule is [CH2-]c1cc(OC(F)(F)F)cc(C2CCC(CN)O2)c1. The highest BCUT2D eigenvalue weighted by molar-refractivity contribution is 5.37. The maximum absolute atomic E-state index is 12.2. The van der Waals surface area contributed by atoms with Crippen LogP contribution in [0.15, 0.2) is 18.2 Å². The minimum Gasteiger partial charge on any atom is -0.419 e. The van der Waals surface area contributed by atoms with Crippen molar-refractivity contribution >= 4 is 0 Å². The summed E-state index contributed by atoms with van der Waals surface area (Å²) in [7, 11) is 0. The van der Waals surface area contributed by atoms with Gasteiger partial charge in [0, 0.05) is 6.54 Å². The average molecular weight is 274 g/mol. The first-order chi connectivity index (χ1) is 8.87. The van der Waals surface area contributed by atoms with Crippen LogP contribution in [0.4, 0.5) is 13.2 Å². The summed E-state index contributed by atoms with van der Waals surface area (Å²) in [5.74, 6) is -0.269. The van der Waals surface area contributed by atoms with E-state index in [0.717, 1.165) is 12.8 Å². The van der Waals surface area contributed by atoms with Gasteiger partial charge in [0.1, 0.15) is 0 Å². The van der Waals surface area contributed by atoms with E-state index in [4.69, 9.17) is 10.5 Å². The molecular weight excluding hydrogens is 259 g/mol. The van der Waals surface area contributed by atoms with Crippen LogP contribution in [0.25, 0.3) is 0 Å². The zero-order valence-electron chi connectivity index (χ0n) is 10.2. The molecule has 1 fully saturated rings. The second-order valence-electron chi connectivity index (χ2n) is 4.52. The molecule has 2 N–H and O–H groups in total. The minimum absolute atomic E-state index is 0.0366. The molecule has 0 spiro atoms. The molecule has 2 rings (SSSR count). The average Bonchev–Trinajstić information content (AvgIpc) is 2.74. The Hall–Kier alpha value is -1.40. The topological polar surface area (TPSA) is 44.5 Å². The number of alkyl halides is 3. The predicted molar refractivity (Wildman–Crippen MR) is 63.5 cm³/mol. The van der Waals surface area contributed by atoms with Crippen LogP contribution in [-0.2, 0) is 4.74 Å². The maximum Gasteiger partial charge on any atom is 0.572 e. The van der Waals surface area contributed by atoms with E-state index >= 15 is 0 Å². The van der Waals surface area contributed by atoms with Gasteiger partial charge >= 0.3 is 6.36 Å². The Morgan fingerprint density at radius 2 is 2.05 bits per heavy atom. The van der Waals surface area contributed by atoms with Gasteiger partial charge in [0.05, 0.1) is 18.0 Å². The molecule has 6 heteroatoms. The van der Waals surface area contributed by atoms with E-state index in [1.165, 1.54) is 12.1 Å². The normalized spacial score (nSPS) is 23.6. The van der Waals surface area contributed by atoms with Crippen molar-refractivity contribution in [1.82, 2.24) is 0 Å². The van der Waals surface area contributed by atoms with Crippen molar-refractivity contribution in [2.45, 2.75) is 31.4 Å². The van der Waals surface area contributed by atoms with E-state index in [1.54, 1.807) is 6.07 Å². The lowest BCUT2D eigenvalue weighted by molar-refractivity contribution is -0.274. The molecule has 0 bridgehead atoms. The number of benzene rings is 1. The Morgan fingerprint density at radius 3 is 2.63 bits per heavy atom. The highest BCUT2D eigenvalue weighted by Gasteiger charge is 2.31. The smallest absolute Gasteiger partial charge is 0.419 e. The lowest BCUT2D eigenvalue weighted by Crippen LogP contribution is -2.19. The monoisotopic (exact) mass is 274 g/mol. The number of hydrogen-bond donors (Lipinski definition) is 1. The van der Waals surface area contributed by atoms with Crippen molar-refractivity contribution in [2.24, 2.45) is 5.73 Å². The number of nitrogens with two attached hydrogens (primary N) is 1. The van der Waals surface area contributed by atoms with Gasteiger partial charge in [-0.1, -0.05) is 5.56 Å². The summed E-state index contributed by atoms with van der Waals surface area (Å²) in [6, 6.07) is 4.28. The van der Waals surface area contributed by atoms with Crippen LogP contribution < -0.4 is 10.5 Å². The largest absolute Gasteiger partial charge is 0.572 e. The Labute approximate surface area is 109 Å². The molecule has 1 aromatic carbocycles. The Balaban J connectivity index is 2.17. The minimum atomic E-state index is -4.71. The van der Waals surface area contributed by atoms with Crippen LogP contribution in [0.2, 0.25) is 0 Å². The fraction of sp³-hybridized carbons (Fsp3) is 0.462. The van der Waals surface area contributed by atoms with Gasteiger partial charge in [-0.2, -0.15) is 18.6 Å². The summed E-state index contributed by atoms with van der Waals surface area (Å²) in [4.78, 5) is 0. The molecule has 0 saturated carbocycles. The number of ether oxygens (including phenoxy) is 2. The van der Waals surface area contributed by atoms with Crippen molar-refractivity contribution in [1.29, 1.82) is 0 Å². The molecule has 0 amide bonds. The van der Waals surface area contributed by atoms with E-state index in [0.29, 0.717) is 17.7 Å². The summed E-state index contributed by atoms with van der Waals surface area (Å²) in [6.45, 7) is 4.06. The first-order valence-corrected chi connectivity index (χ1v) is 5.95. The fourth-order valence-corrected chi connectivity index (χ4v) is 2.19. The molecule has 1 saturated heterocycles. The van der Waals surface area contributed by atoms with E-state index in [-0.39, 0.29) is 18.0 Å². The lowest BCUT2D eigenvalue weighted by Gasteiger charge is -2.19. The van der Waals surface area contributed by atoms with Crippen molar-refractivity contribution in [3.05, 3.63) is 36.2 Å². The van der Waals surface area contributed by atoms with Crippen LogP contribution in [0.3, 0.4) is 0 Å². The van der Waals surface area contributed by atoms with Gasteiger partial charge in [-0.05, 0) is 18.9 Å². The van der Waals surface area contributed by atoms with E-state index < -0.39 is 6.36 Å². The maximum atomic E-state index is 12.2. The summed E-state index contributed by atoms with van der Waals surface area (Å²) in [5, 5.41) is 0. The van der Waals surface area contributed by atoms with E-state index in [2.05, 4.69) is 11.7 Å². The molecule has 1 heterocycles. The molecule has 1 aliphatic heterocycles. The Kier molecular flexibility index (Phi) is 3.91. The second kappa shape index (κ2) is 5.30. The molecular formula is C13H15F3NO2-. The van der Waals surface area contributed by atoms with Crippen LogP contribution in [0.5, 0.6) is 5.75 Å². The zero-order valence-corrected chi connectivity index (χ0v) is 10.2. The molecule has 2 atom stereocenters. The molecule has 1 aliphatic rings. The van der Waals surface area contributed by atoms with Gasteiger partial charge in [-0.25, -0.2) is 0 Å². The van der Waals surface area contributed by atoms with Crippen LogP contribution >= 0.6 is 0 Å². The summed E-state index contributed by atoms with van der Waals surface area (Å²) >= 11 is 0. The van der Waals surface area contributed by atoms with Crippen molar-refractivity contribution < 1.29 is 22.6 Å². The van der Waals surface area contributed by atoms with Gasteiger partial charge in [0.15, 0.2) is 0 Å². The second-order valence-corrected chi connectivity index (χ2v) is 4.52. The fourth-order valence-electron chi connectivity index (χ4n) is 2.19. The van der Waals surface area contributed by atoms with Gasteiger partial charge < -0.3 is 15.2 Å². The number of hydrogen-bond acceptors (Lipinski definition) is 3. The summed E-state index contributed by atoms with van der Waals surface area (Å²) < 4.78 is 46.2. The number of rotatable bonds is 3. The van der Waals surface area contributed by atoms with Gasteiger partial charge in [0.25, 0.3) is 0 Å². The Morgan fingerprint density at radius 1 is 1.32 bits per heavy atom. The third-order valence-corrected chi connectivity index (χ3v) is 2.96. The highest BCUT2D eigenvalue weighted by Crippen LogP contribution is 2.35. The standard InChI is InChI=1S/C13H15F3NO2/c1-8-4-9(12-3-2-10(7-17)18-12)6-11(5-8)19-13(14,15)16/h4-6,10,12H,1-3,7,17H2/q-1. The third kappa shape index (κ3) is 3.78. The first-order valence-electron chi connectivity index (χ1n) is 5.95. The number of halogens is 3. The lowest BCUT2D eigenvalue weighted by atomic mass is 10.0. The third-order valence-electron chi connectivity index (χ3n) is 2.96. The van der Waals surface area contributed by atoms with Crippen LogP contribution in [-0.4, -0.2) is 19.0 Å². The predicted octanol–water partition coefficient (Wildman–Crippen LogP) is 2.95. The van der Waals surface area contributed by atoms with Gasteiger partial charge in [-0.3, -0.25) is 0 Å². The van der Waals surface area contributed by atoms with Crippen LogP contribution in [0, 0.1) is 6.92 Å². The quantitative estimate of drug-likeness (QED) is 0.862. The molecule has 0 aromatic heterocycles.